The molecule has 0 saturated heterocycles. The van der Waals surface area contributed by atoms with Crippen molar-refractivity contribution in [3.8, 4) is 11.4 Å². The zero-order valence-electron chi connectivity index (χ0n) is 23.7. The normalized spacial score (nSPS) is 11.7. The second kappa shape index (κ2) is 13.5. The highest BCUT2D eigenvalue weighted by Gasteiger charge is 2.29. The number of anilines is 1. The van der Waals surface area contributed by atoms with E-state index in [2.05, 4.69) is 33.4 Å². The smallest absolute Gasteiger partial charge is 0.322 e. The first-order valence-electron chi connectivity index (χ1n) is 14.1. The lowest BCUT2D eigenvalue weighted by molar-refractivity contribution is 0.182. The molecular weight excluding hydrogens is 592 g/mol. The van der Waals surface area contributed by atoms with Gasteiger partial charge in [0.15, 0.2) is 0 Å². The van der Waals surface area contributed by atoms with Gasteiger partial charge < -0.3 is 15.0 Å². The lowest BCUT2D eigenvalue weighted by Gasteiger charge is -2.32. The summed E-state index contributed by atoms with van der Waals surface area (Å²) in [6.07, 6.45) is 1.19. The van der Waals surface area contributed by atoms with E-state index in [1.54, 1.807) is 15.5 Å². The molecule has 1 heterocycles. The van der Waals surface area contributed by atoms with Gasteiger partial charge in [-0.25, -0.2) is 9.78 Å². The molecule has 42 heavy (non-hydrogen) atoms. The minimum Gasteiger partial charge on any atom is -0.494 e. The first-order chi connectivity index (χ1) is 20.5. The summed E-state index contributed by atoms with van der Waals surface area (Å²) in [5.74, 6) is 1.22. The highest BCUT2D eigenvalue weighted by molar-refractivity contribution is 9.10. The van der Waals surface area contributed by atoms with E-state index in [-0.39, 0.29) is 11.6 Å². The number of hydrogen-bond donors (Lipinski definition) is 1. The number of nitrogens with zero attached hydrogens (tertiary/aromatic N) is 3. The quantitative estimate of drug-likeness (QED) is 0.172. The lowest BCUT2D eigenvalue weighted by atomic mass is 10.1. The van der Waals surface area contributed by atoms with Crippen LogP contribution in [-0.4, -0.2) is 33.6 Å². The third-order valence-electron chi connectivity index (χ3n) is 7.11. The molecule has 7 nitrogen and oxygen atoms in total. The highest BCUT2D eigenvalue weighted by Crippen LogP contribution is 2.28. The molecule has 4 aromatic carbocycles. The average molecular weight is 626 g/mol. The number of carbonyl (C=O) groups is 1. The number of fused-ring (bicyclic) bond motifs is 1. The molecule has 0 fully saturated rings. The Bertz CT molecular complexity index is 1700. The van der Waals surface area contributed by atoms with E-state index < -0.39 is 6.04 Å². The van der Waals surface area contributed by atoms with Crippen LogP contribution >= 0.6 is 15.9 Å². The molecule has 1 unspecified atom stereocenters. The molecule has 0 spiro atoms. The van der Waals surface area contributed by atoms with Crippen LogP contribution in [0.2, 0.25) is 0 Å². The van der Waals surface area contributed by atoms with Crippen molar-refractivity contribution >= 4 is 38.6 Å². The maximum atomic E-state index is 14.0. The van der Waals surface area contributed by atoms with Gasteiger partial charge in [-0.2, -0.15) is 0 Å². The van der Waals surface area contributed by atoms with Crippen LogP contribution in [0, 0.1) is 0 Å². The third kappa shape index (κ3) is 6.55. The van der Waals surface area contributed by atoms with Crippen LogP contribution in [0.25, 0.3) is 16.6 Å². The van der Waals surface area contributed by atoms with Crippen LogP contribution in [0.3, 0.4) is 0 Å². The second-order valence-electron chi connectivity index (χ2n) is 9.84. The number of urea groups is 1. The topological polar surface area (TPSA) is 76.5 Å². The van der Waals surface area contributed by atoms with Gasteiger partial charge in [0.2, 0.25) is 0 Å². The van der Waals surface area contributed by atoms with Crippen molar-refractivity contribution in [3.63, 3.8) is 0 Å². The van der Waals surface area contributed by atoms with Gasteiger partial charge >= 0.3 is 6.03 Å². The van der Waals surface area contributed by atoms with Gasteiger partial charge in [0.1, 0.15) is 11.6 Å². The molecule has 1 aromatic heterocycles. The van der Waals surface area contributed by atoms with Crippen molar-refractivity contribution in [2.24, 2.45) is 0 Å². The molecular formula is C34H33BrN4O3. The molecule has 1 atom stereocenters. The summed E-state index contributed by atoms with van der Waals surface area (Å²) < 4.78 is 8.19. The Hall–Kier alpha value is -4.43. The summed E-state index contributed by atoms with van der Waals surface area (Å²) in [7, 11) is 0. The molecule has 1 N–H and O–H groups in total. The number of ether oxygens (including phenoxy) is 1. The van der Waals surface area contributed by atoms with E-state index in [0.717, 1.165) is 15.8 Å². The fourth-order valence-corrected chi connectivity index (χ4v) is 5.31. The lowest BCUT2D eigenvalue weighted by Crippen LogP contribution is -2.42. The van der Waals surface area contributed by atoms with Crippen LogP contribution in [-0.2, 0) is 6.42 Å². The molecule has 0 bridgehead atoms. The van der Waals surface area contributed by atoms with Gasteiger partial charge in [-0.1, -0.05) is 65.3 Å². The zero-order valence-corrected chi connectivity index (χ0v) is 25.3. The number of carbonyl (C=O) groups excluding carboxylic acids is 1. The summed E-state index contributed by atoms with van der Waals surface area (Å²) >= 11 is 3.45. The Kier molecular flexibility index (Phi) is 9.34. The van der Waals surface area contributed by atoms with Crippen molar-refractivity contribution in [1.82, 2.24) is 14.5 Å². The number of nitrogens with one attached hydrogen (secondary N) is 1. The van der Waals surface area contributed by atoms with E-state index >= 15 is 0 Å². The Morgan fingerprint density at radius 1 is 0.929 bits per heavy atom. The fourth-order valence-electron chi connectivity index (χ4n) is 5.05. The minimum atomic E-state index is -0.493. The number of hydrogen-bond acceptors (Lipinski definition) is 4. The van der Waals surface area contributed by atoms with Crippen molar-refractivity contribution in [2.75, 3.05) is 18.5 Å². The summed E-state index contributed by atoms with van der Waals surface area (Å²) in [5, 5.41) is 3.57. The highest BCUT2D eigenvalue weighted by atomic mass is 79.9. The van der Waals surface area contributed by atoms with Crippen LogP contribution in [0.5, 0.6) is 5.75 Å². The number of amides is 2. The molecule has 5 rings (SSSR count). The van der Waals surface area contributed by atoms with Crippen LogP contribution < -0.4 is 15.6 Å². The molecule has 214 valence electrons. The standard InChI is InChI=1S/C34H33BrN4O3/c1-3-31(38(23-22-24-10-6-5-7-11-24)34(41)36-26-16-14-25(35)15-17-26)32-37-30-13-9-8-12-29(30)33(40)39(32)27-18-20-28(21-19-27)42-4-2/h5-21,31H,3-4,22-23H2,1-2H3,(H,36,41). The van der Waals surface area contributed by atoms with E-state index in [1.165, 1.54) is 0 Å². The Labute approximate surface area is 253 Å². The summed E-state index contributed by atoms with van der Waals surface area (Å²) in [4.78, 5) is 34.8. The maximum Gasteiger partial charge on any atom is 0.322 e. The summed E-state index contributed by atoms with van der Waals surface area (Å²) in [6.45, 7) is 4.91. The van der Waals surface area contributed by atoms with Crippen molar-refractivity contribution in [1.29, 1.82) is 0 Å². The number of benzene rings is 4. The van der Waals surface area contributed by atoms with Crippen molar-refractivity contribution < 1.29 is 9.53 Å². The Morgan fingerprint density at radius 2 is 1.62 bits per heavy atom. The zero-order chi connectivity index (χ0) is 29.5. The van der Waals surface area contributed by atoms with Gasteiger partial charge in [0.05, 0.1) is 29.2 Å². The molecule has 0 saturated carbocycles. The van der Waals surface area contributed by atoms with Crippen LogP contribution in [0.4, 0.5) is 10.5 Å². The largest absolute Gasteiger partial charge is 0.494 e. The Balaban J connectivity index is 1.62. The van der Waals surface area contributed by atoms with E-state index in [4.69, 9.17) is 9.72 Å². The first-order valence-corrected chi connectivity index (χ1v) is 14.9. The molecule has 0 radical (unpaired) electrons. The molecule has 2 amide bonds. The van der Waals surface area contributed by atoms with Gasteiger partial charge in [-0.15, -0.1) is 0 Å². The summed E-state index contributed by atoms with van der Waals surface area (Å²) in [5.41, 5.74) is 2.86. The Morgan fingerprint density at radius 3 is 2.31 bits per heavy atom. The molecule has 0 aliphatic carbocycles. The van der Waals surface area contributed by atoms with Crippen LogP contribution in [0.1, 0.15) is 37.7 Å². The number of para-hydroxylation sites is 1. The van der Waals surface area contributed by atoms with Gasteiger partial charge in [-0.05, 0) is 86.0 Å². The predicted molar refractivity (Wildman–Crippen MR) is 172 cm³/mol. The molecule has 0 aliphatic rings. The fraction of sp³-hybridized carbons (Fsp3) is 0.206. The second-order valence-corrected chi connectivity index (χ2v) is 10.8. The van der Waals surface area contributed by atoms with E-state index in [1.807, 2.05) is 98.8 Å². The van der Waals surface area contributed by atoms with Crippen molar-refractivity contribution in [3.05, 3.63) is 129 Å². The predicted octanol–water partition coefficient (Wildman–Crippen LogP) is 7.77. The molecule has 5 aromatic rings. The van der Waals surface area contributed by atoms with Gasteiger partial charge in [0.25, 0.3) is 5.56 Å². The van der Waals surface area contributed by atoms with Crippen molar-refractivity contribution in [2.45, 2.75) is 32.7 Å². The number of aromatic nitrogens is 2. The average Bonchev–Trinajstić information content (AvgIpc) is 3.01. The maximum absolute atomic E-state index is 14.0. The van der Waals surface area contributed by atoms with Gasteiger partial charge in [0, 0.05) is 16.7 Å². The third-order valence-corrected chi connectivity index (χ3v) is 7.64. The SMILES string of the molecule is CCOc1ccc(-n2c(C(CC)N(CCc3ccccc3)C(=O)Nc3ccc(Br)cc3)nc3ccccc3c2=O)cc1. The number of halogens is 1. The first kappa shape index (κ1) is 29.1. The summed E-state index contributed by atoms with van der Waals surface area (Å²) in [6, 6.07) is 31.5. The molecule has 8 heteroatoms. The monoisotopic (exact) mass is 624 g/mol. The van der Waals surface area contributed by atoms with E-state index in [0.29, 0.717) is 54.1 Å². The minimum absolute atomic E-state index is 0.186. The van der Waals surface area contributed by atoms with E-state index in [9.17, 15) is 9.59 Å². The van der Waals surface area contributed by atoms with Crippen LogP contribution in [0.15, 0.2) is 112 Å². The number of rotatable bonds is 10. The van der Waals surface area contributed by atoms with Gasteiger partial charge in [-0.3, -0.25) is 9.36 Å². The molecule has 0 aliphatic heterocycles.